The van der Waals surface area contributed by atoms with Gasteiger partial charge in [-0.1, -0.05) is 6.07 Å². The van der Waals surface area contributed by atoms with Crippen LogP contribution in [-0.2, 0) is 5.54 Å². The maximum Gasteiger partial charge on any atom is 0.263 e. The Morgan fingerprint density at radius 3 is 2.85 bits per heavy atom. The van der Waals surface area contributed by atoms with Gasteiger partial charge in [-0.05, 0) is 36.4 Å². The van der Waals surface area contributed by atoms with Crippen molar-refractivity contribution in [3.8, 4) is 17.3 Å². The second-order valence-corrected chi connectivity index (χ2v) is 10.2. The summed E-state index contributed by atoms with van der Waals surface area (Å²) in [6.07, 6.45) is 10.1. The smallest absolute Gasteiger partial charge is 0.263 e. The summed E-state index contributed by atoms with van der Waals surface area (Å²) >= 11 is 1.51. The van der Waals surface area contributed by atoms with E-state index in [-0.39, 0.29) is 11.4 Å². The highest BCUT2D eigenvalue weighted by Gasteiger charge is 2.47. The summed E-state index contributed by atoms with van der Waals surface area (Å²) in [5, 5.41) is 12.5. The first-order valence-electron chi connectivity index (χ1n) is 11.6. The first kappa shape index (κ1) is 21.1. The molecule has 2 aliphatic rings. The first-order chi connectivity index (χ1) is 16.7. The maximum absolute atomic E-state index is 12.7. The van der Waals surface area contributed by atoms with E-state index in [1.165, 1.54) is 11.3 Å². The van der Waals surface area contributed by atoms with E-state index in [1.807, 2.05) is 34.7 Å². The Balaban J connectivity index is 1.14. The van der Waals surface area contributed by atoms with Gasteiger partial charge in [0.1, 0.15) is 12.0 Å². The van der Waals surface area contributed by atoms with Gasteiger partial charge in [0, 0.05) is 61.8 Å². The number of H-pyrrole nitrogens is 1. The minimum absolute atomic E-state index is 0.150. The fraction of sp³-hybridized carbons (Fsp3) is 0.360. The van der Waals surface area contributed by atoms with Crippen LogP contribution < -0.4 is 0 Å². The SMILES string of the molecule is N#CCC1(n2ccc(-c3ncnc4[nH]ccc34)c2)CN(C2CCN(C(=O)c3cccs3)CC2)C1. The van der Waals surface area contributed by atoms with E-state index in [2.05, 4.69) is 48.9 Å². The van der Waals surface area contributed by atoms with E-state index in [0.717, 1.165) is 66.2 Å². The zero-order valence-corrected chi connectivity index (χ0v) is 19.5. The molecule has 4 aromatic heterocycles. The molecule has 34 heavy (non-hydrogen) atoms. The van der Waals surface area contributed by atoms with Crippen LogP contribution in [0.5, 0.6) is 0 Å². The van der Waals surface area contributed by atoms with Gasteiger partial charge in [0.05, 0.1) is 28.6 Å². The average molecular weight is 472 g/mol. The Bertz CT molecular complexity index is 1350. The van der Waals surface area contributed by atoms with Gasteiger partial charge in [-0.2, -0.15) is 5.26 Å². The molecule has 0 bridgehead atoms. The molecular formula is C25H25N7OS. The number of rotatable bonds is 5. The molecule has 8 nitrogen and oxygen atoms in total. The Morgan fingerprint density at radius 1 is 1.24 bits per heavy atom. The fourth-order valence-corrected chi connectivity index (χ4v) is 6.10. The zero-order chi connectivity index (χ0) is 23.1. The normalized spacial score (nSPS) is 18.6. The van der Waals surface area contributed by atoms with Gasteiger partial charge in [-0.15, -0.1) is 11.3 Å². The van der Waals surface area contributed by atoms with Crippen LogP contribution in [0.25, 0.3) is 22.3 Å². The molecule has 0 aromatic carbocycles. The van der Waals surface area contributed by atoms with Crippen molar-refractivity contribution in [1.82, 2.24) is 29.3 Å². The van der Waals surface area contributed by atoms with Crippen LogP contribution in [0.1, 0.15) is 28.9 Å². The highest BCUT2D eigenvalue weighted by molar-refractivity contribution is 7.12. The minimum Gasteiger partial charge on any atom is -0.346 e. The summed E-state index contributed by atoms with van der Waals surface area (Å²) in [7, 11) is 0. The zero-order valence-electron chi connectivity index (χ0n) is 18.7. The molecule has 0 unspecified atom stereocenters. The quantitative estimate of drug-likeness (QED) is 0.479. The van der Waals surface area contributed by atoms with Crippen molar-refractivity contribution in [1.29, 1.82) is 5.26 Å². The van der Waals surface area contributed by atoms with Crippen LogP contribution in [0.4, 0.5) is 0 Å². The number of carbonyl (C=O) groups is 1. The highest BCUT2D eigenvalue weighted by Crippen LogP contribution is 2.38. The van der Waals surface area contributed by atoms with Crippen LogP contribution in [-0.4, -0.2) is 67.4 Å². The molecule has 2 aliphatic heterocycles. The van der Waals surface area contributed by atoms with Crippen LogP contribution in [0.2, 0.25) is 0 Å². The van der Waals surface area contributed by atoms with Crippen molar-refractivity contribution in [3.63, 3.8) is 0 Å². The molecule has 9 heteroatoms. The number of fused-ring (bicyclic) bond motifs is 1. The van der Waals surface area contributed by atoms with E-state index in [4.69, 9.17) is 0 Å². The molecule has 172 valence electrons. The number of thiophene rings is 1. The molecule has 1 amide bonds. The van der Waals surface area contributed by atoms with Crippen LogP contribution >= 0.6 is 11.3 Å². The molecule has 6 heterocycles. The standard InChI is InChI=1S/C25H25N7OS/c26-8-7-25(32-12-4-18(14-32)22-20-3-9-27-23(20)29-17-28-22)15-31(16-25)19-5-10-30(11-6-19)24(33)21-2-1-13-34-21/h1-4,9,12-14,17,19H,5-7,10-11,15-16H2,(H,27,28,29). The molecule has 0 radical (unpaired) electrons. The average Bonchev–Trinajstić information content (AvgIpc) is 3.62. The van der Waals surface area contributed by atoms with Crippen molar-refractivity contribution in [2.75, 3.05) is 26.2 Å². The molecule has 2 fully saturated rings. The lowest BCUT2D eigenvalue weighted by molar-refractivity contribution is -0.0347. The van der Waals surface area contributed by atoms with E-state index in [1.54, 1.807) is 6.33 Å². The number of hydrogen-bond donors (Lipinski definition) is 1. The van der Waals surface area contributed by atoms with E-state index in [9.17, 15) is 10.1 Å². The predicted molar refractivity (Wildman–Crippen MR) is 130 cm³/mol. The number of nitrogens with zero attached hydrogens (tertiary/aromatic N) is 6. The minimum atomic E-state index is -0.221. The predicted octanol–water partition coefficient (Wildman–Crippen LogP) is 3.72. The number of hydrogen-bond acceptors (Lipinski definition) is 6. The Labute approximate surface area is 201 Å². The van der Waals surface area contributed by atoms with Crippen molar-refractivity contribution in [3.05, 3.63) is 59.4 Å². The summed E-state index contributed by atoms with van der Waals surface area (Å²) < 4.78 is 2.21. The molecular weight excluding hydrogens is 446 g/mol. The summed E-state index contributed by atoms with van der Waals surface area (Å²) in [6.45, 7) is 3.28. The number of amides is 1. The monoisotopic (exact) mass is 471 g/mol. The largest absolute Gasteiger partial charge is 0.346 e. The third kappa shape index (κ3) is 3.50. The number of likely N-dealkylation sites (tertiary alicyclic amines) is 2. The van der Waals surface area contributed by atoms with Gasteiger partial charge < -0.3 is 14.5 Å². The Morgan fingerprint density at radius 2 is 2.09 bits per heavy atom. The number of aromatic amines is 1. The lowest BCUT2D eigenvalue weighted by Gasteiger charge is -2.54. The van der Waals surface area contributed by atoms with Gasteiger partial charge in [-0.3, -0.25) is 9.69 Å². The molecule has 2 saturated heterocycles. The van der Waals surface area contributed by atoms with Crippen molar-refractivity contribution in [2.24, 2.45) is 0 Å². The van der Waals surface area contributed by atoms with Gasteiger partial charge in [0.15, 0.2) is 0 Å². The van der Waals surface area contributed by atoms with E-state index < -0.39 is 0 Å². The van der Waals surface area contributed by atoms with Crippen LogP contribution in [0.3, 0.4) is 0 Å². The topological polar surface area (TPSA) is 93.8 Å². The summed E-state index contributed by atoms with van der Waals surface area (Å²) in [5.74, 6) is 0.150. The molecule has 0 saturated carbocycles. The van der Waals surface area contributed by atoms with Crippen molar-refractivity contribution in [2.45, 2.75) is 30.8 Å². The lowest BCUT2D eigenvalue weighted by atomic mass is 9.83. The van der Waals surface area contributed by atoms with E-state index in [0.29, 0.717) is 12.5 Å². The second kappa shape index (κ2) is 8.38. The third-order valence-electron chi connectivity index (χ3n) is 7.27. The lowest BCUT2D eigenvalue weighted by Crippen LogP contribution is -2.66. The molecule has 0 spiro atoms. The Hall–Kier alpha value is -3.48. The van der Waals surface area contributed by atoms with Crippen molar-refractivity contribution < 1.29 is 4.79 Å². The number of piperidine rings is 1. The third-order valence-corrected chi connectivity index (χ3v) is 8.13. The molecule has 4 aromatic rings. The molecule has 6 rings (SSSR count). The van der Waals surface area contributed by atoms with Gasteiger partial charge >= 0.3 is 0 Å². The van der Waals surface area contributed by atoms with E-state index >= 15 is 0 Å². The molecule has 0 atom stereocenters. The molecule has 1 N–H and O–H groups in total. The fourth-order valence-electron chi connectivity index (χ4n) is 5.41. The van der Waals surface area contributed by atoms with Gasteiger partial charge in [0.2, 0.25) is 0 Å². The summed E-state index contributed by atoms with van der Waals surface area (Å²) in [5.41, 5.74) is 2.53. The summed E-state index contributed by atoms with van der Waals surface area (Å²) in [4.78, 5) is 29.9. The van der Waals surface area contributed by atoms with Gasteiger partial charge in [-0.25, -0.2) is 9.97 Å². The summed E-state index contributed by atoms with van der Waals surface area (Å²) in [6, 6.07) is 10.8. The second-order valence-electron chi connectivity index (χ2n) is 9.23. The van der Waals surface area contributed by atoms with Crippen LogP contribution in [0, 0.1) is 11.3 Å². The number of aromatic nitrogens is 4. The van der Waals surface area contributed by atoms with Crippen LogP contribution in [0.15, 0.2) is 54.6 Å². The molecule has 0 aliphatic carbocycles. The number of carbonyl (C=O) groups excluding carboxylic acids is 1. The highest BCUT2D eigenvalue weighted by atomic mass is 32.1. The maximum atomic E-state index is 12.7. The van der Waals surface area contributed by atoms with Gasteiger partial charge in [0.25, 0.3) is 5.91 Å². The first-order valence-corrected chi connectivity index (χ1v) is 12.5. The Kier molecular flexibility index (Phi) is 5.20. The number of nitrogens with one attached hydrogen (secondary N) is 1. The van der Waals surface area contributed by atoms with Crippen molar-refractivity contribution >= 4 is 28.3 Å². The number of nitriles is 1.